The summed E-state index contributed by atoms with van der Waals surface area (Å²) in [4.78, 5) is 32.1. The highest BCUT2D eigenvalue weighted by molar-refractivity contribution is 6.03. The van der Waals surface area contributed by atoms with Gasteiger partial charge in [-0.05, 0) is 49.4 Å². The summed E-state index contributed by atoms with van der Waals surface area (Å²) < 4.78 is 5.25. The lowest BCUT2D eigenvalue weighted by Gasteiger charge is -2.09. The van der Waals surface area contributed by atoms with Crippen LogP contribution in [0.4, 0.5) is 17.3 Å². The van der Waals surface area contributed by atoms with Crippen molar-refractivity contribution < 1.29 is 14.0 Å². The molecule has 0 atom stereocenters. The number of rotatable bonds is 6. The molecule has 2 heterocycles. The van der Waals surface area contributed by atoms with E-state index >= 15 is 0 Å². The van der Waals surface area contributed by atoms with Crippen molar-refractivity contribution in [1.82, 2.24) is 9.97 Å². The summed E-state index contributed by atoms with van der Waals surface area (Å²) >= 11 is 0. The van der Waals surface area contributed by atoms with Crippen LogP contribution in [-0.2, 0) is 11.3 Å². The normalized spacial score (nSPS) is 10.3. The van der Waals surface area contributed by atoms with E-state index in [9.17, 15) is 9.59 Å². The van der Waals surface area contributed by atoms with Gasteiger partial charge in [-0.25, -0.2) is 9.97 Å². The maximum absolute atomic E-state index is 12.5. The molecule has 0 aliphatic heterocycles. The van der Waals surface area contributed by atoms with E-state index in [-0.39, 0.29) is 17.5 Å². The van der Waals surface area contributed by atoms with Gasteiger partial charge >= 0.3 is 0 Å². The Morgan fingerprint density at radius 2 is 1.74 bits per heavy atom. The number of amides is 2. The standard InChI is InChI=1S/C19H19N5O3/c1-12-10-17(24-19(21-12)20-11-16-4-3-9-27-16)18(26)23-15-7-5-14(6-8-15)22-13(2)25/h3-10H,11H2,1-2H3,(H,22,25)(H,23,26)(H,20,21,24). The quantitative estimate of drug-likeness (QED) is 0.619. The van der Waals surface area contributed by atoms with E-state index in [1.54, 1.807) is 49.6 Å². The predicted octanol–water partition coefficient (Wildman–Crippen LogP) is 3.20. The Morgan fingerprint density at radius 3 is 2.37 bits per heavy atom. The summed E-state index contributed by atoms with van der Waals surface area (Å²) in [6, 6.07) is 12.1. The van der Waals surface area contributed by atoms with Gasteiger partial charge in [0, 0.05) is 24.0 Å². The number of carbonyl (C=O) groups excluding carboxylic acids is 2. The molecule has 0 unspecified atom stereocenters. The molecule has 3 aromatic rings. The second-order valence-electron chi connectivity index (χ2n) is 5.86. The first-order valence-corrected chi connectivity index (χ1v) is 8.30. The summed E-state index contributed by atoms with van der Waals surface area (Å²) in [5, 5.41) is 8.48. The topological polar surface area (TPSA) is 109 Å². The third kappa shape index (κ3) is 5.15. The highest BCUT2D eigenvalue weighted by Gasteiger charge is 2.11. The Bertz CT molecular complexity index is 936. The van der Waals surface area contributed by atoms with E-state index in [1.165, 1.54) is 6.92 Å². The zero-order valence-electron chi connectivity index (χ0n) is 14.9. The summed E-state index contributed by atoms with van der Waals surface area (Å²) in [5.74, 6) is 0.578. The van der Waals surface area contributed by atoms with Crippen molar-refractivity contribution in [3.8, 4) is 0 Å². The van der Waals surface area contributed by atoms with E-state index in [0.29, 0.717) is 29.6 Å². The molecule has 1 aromatic carbocycles. The minimum absolute atomic E-state index is 0.155. The first-order valence-electron chi connectivity index (χ1n) is 8.30. The highest BCUT2D eigenvalue weighted by Crippen LogP contribution is 2.15. The SMILES string of the molecule is CC(=O)Nc1ccc(NC(=O)c2cc(C)nc(NCc3ccco3)n2)cc1. The molecule has 0 bridgehead atoms. The number of carbonyl (C=O) groups is 2. The fourth-order valence-corrected chi connectivity index (χ4v) is 2.38. The van der Waals surface area contributed by atoms with Gasteiger partial charge in [-0.2, -0.15) is 0 Å². The molecular weight excluding hydrogens is 346 g/mol. The lowest BCUT2D eigenvalue weighted by molar-refractivity contribution is -0.114. The number of anilines is 3. The Kier molecular flexibility index (Phi) is 5.46. The molecule has 3 rings (SSSR count). The van der Waals surface area contributed by atoms with E-state index in [2.05, 4.69) is 25.9 Å². The fraction of sp³-hybridized carbons (Fsp3) is 0.158. The van der Waals surface area contributed by atoms with Crippen molar-refractivity contribution in [2.75, 3.05) is 16.0 Å². The van der Waals surface area contributed by atoms with Gasteiger partial charge in [-0.3, -0.25) is 9.59 Å². The van der Waals surface area contributed by atoms with Crippen LogP contribution in [0.25, 0.3) is 0 Å². The van der Waals surface area contributed by atoms with E-state index in [4.69, 9.17) is 4.42 Å². The average molecular weight is 365 g/mol. The maximum Gasteiger partial charge on any atom is 0.274 e. The van der Waals surface area contributed by atoms with Crippen LogP contribution in [0.5, 0.6) is 0 Å². The monoisotopic (exact) mass is 365 g/mol. The fourth-order valence-electron chi connectivity index (χ4n) is 2.38. The van der Waals surface area contributed by atoms with Crippen molar-refractivity contribution >= 4 is 29.1 Å². The molecule has 8 heteroatoms. The van der Waals surface area contributed by atoms with Crippen LogP contribution in [0, 0.1) is 6.92 Å². The average Bonchev–Trinajstić information content (AvgIpc) is 3.14. The first-order chi connectivity index (χ1) is 13.0. The second-order valence-corrected chi connectivity index (χ2v) is 5.86. The molecular formula is C19H19N5O3. The van der Waals surface area contributed by atoms with Crippen LogP contribution in [0.15, 0.2) is 53.1 Å². The summed E-state index contributed by atoms with van der Waals surface area (Å²) in [5.41, 5.74) is 2.16. The summed E-state index contributed by atoms with van der Waals surface area (Å²) in [6.45, 7) is 3.64. The van der Waals surface area contributed by atoms with E-state index in [0.717, 1.165) is 5.76 Å². The van der Waals surface area contributed by atoms with Crippen molar-refractivity contribution in [2.24, 2.45) is 0 Å². The second kappa shape index (κ2) is 8.13. The molecule has 0 aliphatic carbocycles. The molecule has 0 saturated heterocycles. The van der Waals surface area contributed by atoms with Crippen molar-refractivity contribution in [1.29, 1.82) is 0 Å². The molecule has 0 spiro atoms. The van der Waals surface area contributed by atoms with Gasteiger partial charge in [0.15, 0.2) is 0 Å². The summed E-state index contributed by atoms with van der Waals surface area (Å²) in [6.07, 6.45) is 1.59. The van der Waals surface area contributed by atoms with Gasteiger partial charge in [0.25, 0.3) is 5.91 Å². The van der Waals surface area contributed by atoms with Crippen LogP contribution < -0.4 is 16.0 Å². The molecule has 0 saturated carbocycles. The number of aryl methyl sites for hydroxylation is 1. The molecule has 8 nitrogen and oxygen atoms in total. The largest absolute Gasteiger partial charge is 0.467 e. The Morgan fingerprint density at radius 1 is 1.04 bits per heavy atom. The van der Waals surface area contributed by atoms with Gasteiger partial charge in [0.1, 0.15) is 11.5 Å². The highest BCUT2D eigenvalue weighted by atomic mass is 16.3. The zero-order valence-corrected chi connectivity index (χ0v) is 14.9. The van der Waals surface area contributed by atoms with Crippen molar-refractivity contribution in [3.05, 3.63) is 65.9 Å². The molecule has 0 radical (unpaired) electrons. The van der Waals surface area contributed by atoms with E-state index < -0.39 is 0 Å². The lowest BCUT2D eigenvalue weighted by atomic mass is 10.2. The van der Waals surface area contributed by atoms with Gasteiger partial charge in [-0.15, -0.1) is 0 Å². The smallest absolute Gasteiger partial charge is 0.274 e. The Labute approximate surface area is 156 Å². The van der Waals surface area contributed by atoms with Crippen LogP contribution >= 0.6 is 0 Å². The number of benzene rings is 1. The van der Waals surface area contributed by atoms with Crippen LogP contribution in [0.2, 0.25) is 0 Å². The third-order valence-electron chi connectivity index (χ3n) is 3.55. The van der Waals surface area contributed by atoms with E-state index in [1.807, 2.05) is 6.07 Å². The maximum atomic E-state index is 12.5. The molecule has 27 heavy (non-hydrogen) atoms. The molecule has 138 valence electrons. The number of furan rings is 1. The molecule has 3 N–H and O–H groups in total. The predicted molar refractivity (Wildman–Crippen MR) is 102 cm³/mol. The van der Waals surface area contributed by atoms with Crippen LogP contribution in [0.3, 0.4) is 0 Å². The van der Waals surface area contributed by atoms with Crippen LogP contribution in [0.1, 0.15) is 28.9 Å². The molecule has 2 aromatic heterocycles. The van der Waals surface area contributed by atoms with Crippen molar-refractivity contribution in [3.63, 3.8) is 0 Å². The lowest BCUT2D eigenvalue weighted by Crippen LogP contribution is -2.16. The first kappa shape index (κ1) is 18.1. The Hall–Kier alpha value is -3.68. The Balaban J connectivity index is 1.67. The minimum atomic E-state index is -0.353. The zero-order chi connectivity index (χ0) is 19.2. The number of aromatic nitrogens is 2. The van der Waals surface area contributed by atoms with Gasteiger partial charge in [0.2, 0.25) is 11.9 Å². The number of hydrogen-bond acceptors (Lipinski definition) is 6. The van der Waals surface area contributed by atoms with Gasteiger partial charge < -0.3 is 20.4 Å². The third-order valence-corrected chi connectivity index (χ3v) is 3.55. The molecule has 2 amide bonds. The molecule has 0 fully saturated rings. The minimum Gasteiger partial charge on any atom is -0.467 e. The number of nitrogens with one attached hydrogen (secondary N) is 3. The number of hydrogen-bond donors (Lipinski definition) is 3. The number of nitrogens with zero attached hydrogens (tertiary/aromatic N) is 2. The van der Waals surface area contributed by atoms with Gasteiger partial charge in [-0.1, -0.05) is 0 Å². The van der Waals surface area contributed by atoms with Crippen LogP contribution in [-0.4, -0.2) is 21.8 Å². The van der Waals surface area contributed by atoms with Crippen molar-refractivity contribution in [2.45, 2.75) is 20.4 Å². The molecule has 0 aliphatic rings. The van der Waals surface area contributed by atoms with Gasteiger partial charge in [0.05, 0.1) is 12.8 Å². The summed E-state index contributed by atoms with van der Waals surface area (Å²) in [7, 11) is 0.